The molecule has 1 aromatic heterocycles. The molecule has 0 bridgehead atoms. The molecule has 1 saturated heterocycles. The lowest BCUT2D eigenvalue weighted by atomic mass is 10.0. The van der Waals surface area contributed by atoms with Crippen LogP contribution in [0.4, 0.5) is 0 Å². The van der Waals surface area contributed by atoms with E-state index < -0.39 is 0 Å². The first-order valence-electron chi connectivity index (χ1n) is 7.59. The quantitative estimate of drug-likeness (QED) is 0.923. The highest BCUT2D eigenvalue weighted by molar-refractivity contribution is 5.95. The molecule has 2 atom stereocenters. The monoisotopic (exact) mass is 299 g/mol. The second-order valence-corrected chi connectivity index (χ2v) is 5.93. The van der Waals surface area contributed by atoms with Crippen molar-refractivity contribution in [2.75, 3.05) is 13.1 Å². The van der Waals surface area contributed by atoms with E-state index in [1.807, 2.05) is 29.2 Å². The van der Waals surface area contributed by atoms with Crippen LogP contribution in [0, 0.1) is 0 Å². The highest BCUT2D eigenvalue weighted by atomic mass is 16.2. The number of amides is 1. The molecule has 0 saturated carbocycles. The number of rotatable bonds is 3. The van der Waals surface area contributed by atoms with Gasteiger partial charge in [0, 0.05) is 30.7 Å². The molecule has 1 aliphatic heterocycles. The topological polar surface area (TPSA) is 63.1 Å². The predicted octanol–water partition coefficient (Wildman–Crippen LogP) is 1.15. The van der Waals surface area contributed by atoms with Crippen LogP contribution in [0.3, 0.4) is 0 Å². The maximum absolute atomic E-state index is 12.9. The minimum Gasteiger partial charge on any atom is -0.336 e. The Bertz CT molecular complexity index is 630. The minimum absolute atomic E-state index is 0.0934. The standard InChI is InChI=1S/C16H21N5O/c1-12-7-20(8-13(2)19-12)16(22)15-6-4-3-5-14(15)9-21-11-17-10-18-21/h3-6,10-13,19H,7-9H2,1-2H3. The zero-order valence-electron chi connectivity index (χ0n) is 12.9. The number of hydrogen-bond acceptors (Lipinski definition) is 4. The number of carbonyl (C=O) groups excluding carboxylic acids is 1. The Morgan fingerprint density at radius 2 is 2.00 bits per heavy atom. The first-order chi connectivity index (χ1) is 10.6. The fourth-order valence-corrected chi connectivity index (χ4v) is 3.02. The summed E-state index contributed by atoms with van der Waals surface area (Å²) in [5.74, 6) is 0.0934. The lowest BCUT2D eigenvalue weighted by Crippen LogP contribution is -2.55. The smallest absolute Gasteiger partial charge is 0.254 e. The zero-order chi connectivity index (χ0) is 15.5. The first-order valence-corrected chi connectivity index (χ1v) is 7.59. The number of nitrogens with one attached hydrogen (secondary N) is 1. The van der Waals surface area contributed by atoms with Gasteiger partial charge in [0.1, 0.15) is 12.7 Å². The van der Waals surface area contributed by atoms with Crippen molar-refractivity contribution in [3.05, 3.63) is 48.0 Å². The third-order valence-corrected chi connectivity index (χ3v) is 3.89. The fourth-order valence-electron chi connectivity index (χ4n) is 3.02. The summed E-state index contributed by atoms with van der Waals surface area (Å²) in [5.41, 5.74) is 1.72. The number of aromatic nitrogens is 3. The number of carbonyl (C=O) groups is 1. The van der Waals surface area contributed by atoms with Gasteiger partial charge in [-0.3, -0.25) is 4.79 Å². The Labute approximate surface area is 130 Å². The van der Waals surface area contributed by atoms with Gasteiger partial charge in [0.15, 0.2) is 0 Å². The first kappa shape index (κ1) is 14.7. The van der Waals surface area contributed by atoms with E-state index in [2.05, 4.69) is 29.2 Å². The molecule has 22 heavy (non-hydrogen) atoms. The van der Waals surface area contributed by atoms with Crippen LogP contribution in [0.1, 0.15) is 29.8 Å². The van der Waals surface area contributed by atoms with Crippen molar-refractivity contribution in [3.8, 4) is 0 Å². The van der Waals surface area contributed by atoms with Gasteiger partial charge in [0.05, 0.1) is 6.54 Å². The van der Waals surface area contributed by atoms with Crippen LogP contribution in [0.15, 0.2) is 36.9 Å². The molecule has 3 rings (SSSR count). The fraction of sp³-hybridized carbons (Fsp3) is 0.438. The number of benzene rings is 1. The maximum atomic E-state index is 12.9. The minimum atomic E-state index is 0.0934. The summed E-state index contributed by atoms with van der Waals surface area (Å²) in [4.78, 5) is 18.8. The van der Waals surface area contributed by atoms with Gasteiger partial charge < -0.3 is 10.2 Å². The summed E-state index contributed by atoms with van der Waals surface area (Å²) in [6.07, 6.45) is 3.17. The molecule has 1 aliphatic rings. The molecule has 2 heterocycles. The summed E-state index contributed by atoms with van der Waals surface area (Å²) in [6, 6.07) is 8.36. The average molecular weight is 299 g/mol. The van der Waals surface area contributed by atoms with Crippen molar-refractivity contribution in [1.29, 1.82) is 0 Å². The number of nitrogens with zero attached hydrogens (tertiary/aromatic N) is 4. The predicted molar refractivity (Wildman–Crippen MR) is 83.5 cm³/mol. The lowest BCUT2D eigenvalue weighted by molar-refractivity contribution is 0.0672. The van der Waals surface area contributed by atoms with Gasteiger partial charge in [-0.1, -0.05) is 18.2 Å². The average Bonchev–Trinajstić information content (AvgIpc) is 2.99. The maximum Gasteiger partial charge on any atom is 0.254 e. The second kappa shape index (κ2) is 6.27. The van der Waals surface area contributed by atoms with Gasteiger partial charge in [-0.25, -0.2) is 9.67 Å². The van der Waals surface area contributed by atoms with Crippen LogP contribution in [-0.2, 0) is 6.54 Å². The van der Waals surface area contributed by atoms with Gasteiger partial charge in [0.25, 0.3) is 5.91 Å². The Morgan fingerprint density at radius 3 is 2.68 bits per heavy atom. The summed E-state index contributed by atoms with van der Waals surface area (Å²) < 4.78 is 1.73. The van der Waals surface area contributed by atoms with Crippen molar-refractivity contribution in [2.24, 2.45) is 0 Å². The molecular formula is C16H21N5O. The molecule has 2 unspecified atom stereocenters. The highest BCUT2D eigenvalue weighted by Crippen LogP contribution is 2.15. The van der Waals surface area contributed by atoms with Gasteiger partial charge >= 0.3 is 0 Å². The van der Waals surface area contributed by atoms with E-state index in [1.165, 1.54) is 6.33 Å². The van der Waals surface area contributed by atoms with Crippen molar-refractivity contribution in [3.63, 3.8) is 0 Å². The van der Waals surface area contributed by atoms with E-state index in [1.54, 1.807) is 11.0 Å². The van der Waals surface area contributed by atoms with Crippen LogP contribution in [0.25, 0.3) is 0 Å². The van der Waals surface area contributed by atoms with Crippen molar-refractivity contribution < 1.29 is 4.79 Å². The van der Waals surface area contributed by atoms with Crippen molar-refractivity contribution in [1.82, 2.24) is 25.0 Å². The van der Waals surface area contributed by atoms with E-state index >= 15 is 0 Å². The molecular weight excluding hydrogens is 278 g/mol. The third-order valence-electron chi connectivity index (χ3n) is 3.89. The third kappa shape index (κ3) is 3.17. The van der Waals surface area contributed by atoms with Crippen LogP contribution >= 0.6 is 0 Å². The van der Waals surface area contributed by atoms with Crippen LogP contribution in [-0.4, -0.2) is 50.7 Å². The Balaban J connectivity index is 1.83. The molecule has 0 radical (unpaired) electrons. The molecule has 1 amide bonds. The normalized spacial score (nSPS) is 21.8. The van der Waals surface area contributed by atoms with E-state index in [9.17, 15) is 4.79 Å². The van der Waals surface area contributed by atoms with E-state index in [0.29, 0.717) is 18.6 Å². The van der Waals surface area contributed by atoms with Crippen LogP contribution in [0.2, 0.25) is 0 Å². The van der Waals surface area contributed by atoms with Crippen molar-refractivity contribution in [2.45, 2.75) is 32.5 Å². The molecule has 0 spiro atoms. The Kier molecular flexibility index (Phi) is 4.20. The molecule has 1 N–H and O–H groups in total. The Hall–Kier alpha value is -2.21. The molecule has 1 aromatic carbocycles. The van der Waals surface area contributed by atoms with Gasteiger partial charge in [0.2, 0.25) is 0 Å². The Morgan fingerprint density at radius 1 is 1.27 bits per heavy atom. The molecule has 1 fully saturated rings. The second-order valence-electron chi connectivity index (χ2n) is 5.93. The molecule has 2 aromatic rings. The highest BCUT2D eigenvalue weighted by Gasteiger charge is 2.26. The number of hydrogen-bond donors (Lipinski definition) is 1. The van der Waals surface area contributed by atoms with Gasteiger partial charge in [-0.2, -0.15) is 5.10 Å². The van der Waals surface area contributed by atoms with Crippen molar-refractivity contribution >= 4 is 5.91 Å². The van der Waals surface area contributed by atoms with Gasteiger partial charge in [-0.15, -0.1) is 0 Å². The molecule has 6 nitrogen and oxygen atoms in total. The van der Waals surface area contributed by atoms with Crippen LogP contribution in [0.5, 0.6) is 0 Å². The lowest BCUT2D eigenvalue weighted by Gasteiger charge is -2.36. The molecule has 116 valence electrons. The number of piperazine rings is 1. The van der Waals surface area contributed by atoms with Gasteiger partial charge in [-0.05, 0) is 25.5 Å². The molecule has 6 heteroatoms. The summed E-state index contributed by atoms with van der Waals surface area (Å²) in [7, 11) is 0. The molecule has 0 aliphatic carbocycles. The summed E-state index contributed by atoms with van der Waals surface area (Å²) in [5, 5.41) is 7.57. The largest absolute Gasteiger partial charge is 0.336 e. The van der Waals surface area contributed by atoms with E-state index in [4.69, 9.17) is 0 Å². The zero-order valence-corrected chi connectivity index (χ0v) is 12.9. The summed E-state index contributed by atoms with van der Waals surface area (Å²) >= 11 is 0. The SMILES string of the molecule is CC1CN(C(=O)c2ccccc2Cn2cncn2)CC(C)N1. The van der Waals surface area contributed by atoms with Crippen LogP contribution < -0.4 is 5.32 Å². The van der Waals surface area contributed by atoms with E-state index in [-0.39, 0.29) is 5.91 Å². The van der Waals surface area contributed by atoms with E-state index in [0.717, 1.165) is 24.2 Å². The summed E-state index contributed by atoms with van der Waals surface area (Å²) in [6.45, 7) is 6.25.